The highest BCUT2D eigenvalue weighted by Gasteiger charge is 2.42. The number of carboxylic acid groups (broad SMARTS) is 1. The summed E-state index contributed by atoms with van der Waals surface area (Å²) in [6.07, 6.45) is -4.04. The summed E-state index contributed by atoms with van der Waals surface area (Å²) in [5, 5.41) is 10.1. The van der Waals surface area contributed by atoms with E-state index in [9.17, 15) is 27.9 Å². The number of carboxylic acids is 1. The maximum absolute atomic E-state index is 12.8. The minimum Gasteiger partial charge on any atom is -0.491 e. The molecule has 0 spiro atoms. The number of alkyl halides is 3. The molecule has 2 aromatic carbocycles. The third-order valence-corrected chi connectivity index (χ3v) is 5.73. The van der Waals surface area contributed by atoms with E-state index in [1.807, 2.05) is 13.8 Å². The standard InChI is InChI=1S/C26H23F3N4O5.2ClH/c1-13(2)37-16-6-3-14(4-7-16)25(31,24(30)36)21-18-11-17(8-9-19(18)33-22(21)23(34)35)38-20-10-5-15(12-32-20)26(27,28)29;;/h3-13,33H,31H2,1-2H3,(H2,30,36)(H,34,35);2*1H. The molecule has 0 bridgehead atoms. The molecule has 0 aliphatic rings. The quantitative estimate of drug-likeness (QED) is 0.211. The topological polar surface area (TPSA) is 154 Å². The molecule has 0 saturated heterocycles. The number of aromatic amines is 1. The maximum atomic E-state index is 12.8. The number of nitrogens with one attached hydrogen (secondary N) is 1. The van der Waals surface area contributed by atoms with Gasteiger partial charge < -0.3 is 31.0 Å². The van der Waals surface area contributed by atoms with Crippen LogP contribution >= 0.6 is 24.8 Å². The van der Waals surface area contributed by atoms with E-state index in [2.05, 4.69) is 9.97 Å². The number of amides is 1. The number of nitrogens with zero attached hydrogens (tertiary/aromatic N) is 1. The third-order valence-electron chi connectivity index (χ3n) is 5.73. The Hall–Kier alpha value is -4.00. The van der Waals surface area contributed by atoms with Crippen molar-refractivity contribution in [1.29, 1.82) is 0 Å². The number of hydrogen-bond acceptors (Lipinski definition) is 6. The van der Waals surface area contributed by atoms with Crippen LogP contribution in [0.15, 0.2) is 60.8 Å². The number of fused-ring (bicyclic) bond motifs is 1. The molecule has 0 fully saturated rings. The van der Waals surface area contributed by atoms with Crippen molar-refractivity contribution in [3.8, 4) is 17.4 Å². The van der Waals surface area contributed by atoms with Crippen molar-refractivity contribution >= 4 is 47.6 Å². The van der Waals surface area contributed by atoms with Crippen molar-refractivity contribution < 1.29 is 37.3 Å². The molecule has 1 unspecified atom stereocenters. The van der Waals surface area contributed by atoms with E-state index in [-0.39, 0.29) is 64.8 Å². The number of carbonyl (C=O) groups excluding carboxylic acids is 1. The van der Waals surface area contributed by atoms with Crippen molar-refractivity contribution in [3.63, 3.8) is 0 Å². The van der Waals surface area contributed by atoms with Gasteiger partial charge in [-0.2, -0.15) is 13.2 Å². The van der Waals surface area contributed by atoms with Crippen LogP contribution in [0.4, 0.5) is 13.2 Å². The Labute approximate surface area is 238 Å². The van der Waals surface area contributed by atoms with Crippen LogP contribution in [0.2, 0.25) is 0 Å². The van der Waals surface area contributed by atoms with Crippen molar-refractivity contribution in [1.82, 2.24) is 9.97 Å². The van der Waals surface area contributed by atoms with Crippen molar-refractivity contribution in [2.75, 3.05) is 0 Å². The number of carbonyl (C=O) groups is 2. The van der Waals surface area contributed by atoms with E-state index in [0.29, 0.717) is 17.5 Å². The normalized spacial score (nSPS) is 12.7. The predicted molar refractivity (Wildman–Crippen MR) is 145 cm³/mol. The van der Waals surface area contributed by atoms with Gasteiger partial charge in [0.05, 0.1) is 11.7 Å². The van der Waals surface area contributed by atoms with Crippen molar-refractivity contribution in [3.05, 3.63) is 83.2 Å². The lowest BCUT2D eigenvalue weighted by molar-refractivity contribution is -0.137. The number of aromatic carboxylic acids is 1. The van der Waals surface area contributed by atoms with E-state index < -0.39 is 29.2 Å². The molecular formula is C26H25Cl2F3N4O5. The van der Waals surface area contributed by atoms with E-state index in [4.69, 9.17) is 20.9 Å². The molecule has 1 amide bonds. The fourth-order valence-electron chi connectivity index (χ4n) is 4.01. The molecule has 4 aromatic rings. The Morgan fingerprint density at radius 2 is 1.57 bits per heavy atom. The number of benzene rings is 2. The zero-order chi connectivity index (χ0) is 27.8. The van der Waals surface area contributed by atoms with Gasteiger partial charge in [0.2, 0.25) is 11.8 Å². The van der Waals surface area contributed by atoms with Gasteiger partial charge in [0, 0.05) is 28.7 Å². The molecule has 0 saturated carbocycles. The fraction of sp³-hybridized carbons (Fsp3) is 0.192. The van der Waals surface area contributed by atoms with Gasteiger partial charge in [0.25, 0.3) is 0 Å². The first-order chi connectivity index (χ1) is 17.8. The molecule has 0 aliphatic heterocycles. The van der Waals surface area contributed by atoms with Crippen molar-refractivity contribution in [2.24, 2.45) is 11.5 Å². The summed E-state index contributed by atoms with van der Waals surface area (Å²) in [5.41, 5.74) is 9.33. The molecule has 0 aliphatic carbocycles. The van der Waals surface area contributed by atoms with E-state index in [1.54, 1.807) is 12.1 Å². The second-order valence-corrected chi connectivity index (χ2v) is 8.74. The summed E-state index contributed by atoms with van der Waals surface area (Å²) in [4.78, 5) is 31.4. The second kappa shape index (κ2) is 12.0. The van der Waals surface area contributed by atoms with E-state index >= 15 is 0 Å². The van der Waals surface area contributed by atoms with Crippen LogP contribution in [0.25, 0.3) is 10.9 Å². The number of rotatable bonds is 8. The van der Waals surface area contributed by atoms with Gasteiger partial charge in [0.1, 0.15) is 22.7 Å². The minimum absolute atomic E-state index is 0. The maximum Gasteiger partial charge on any atom is 0.417 e. The largest absolute Gasteiger partial charge is 0.491 e. The van der Waals surface area contributed by atoms with Crippen LogP contribution in [0, 0.1) is 0 Å². The molecule has 40 heavy (non-hydrogen) atoms. The molecule has 0 radical (unpaired) electrons. The Balaban J connectivity index is 0.00000280. The van der Waals surface area contributed by atoms with Gasteiger partial charge in [-0.25, -0.2) is 9.78 Å². The summed E-state index contributed by atoms with van der Waals surface area (Å²) < 4.78 is 49.7. The highest BCUT2D eigenvalue weighted by molar-refractivity contribution is 6.04. The Bertz CT molecular complexity index is 1510. The monoisotopic (exact) mass is 600 g/mol. The molecular weight excluding hydrogens is 576 g/mol. The van der Waals surface area contributed by atoms with Gasteiger partial charge in [0.15, 0.2) is 0 Å². The number of nitrogens with two attached hydrogens (primary N) is 2. The number of pyridine rings is 1. The second-order valence-electron chi connectivity index (χ2n) is 8.74. The fourth-order valence-corrected chi connectivity index (χ4v) is 4.01. The van der Waals surface area contributed by atoms with Crippen LogP contribution in [0.5, 0.6) is 17.4 Å². The molecule has 9 nitrogen and oxygen atoms in total. The Morgan fingerprint density at radius 3 is 2.08 bits per heavy atom. The SMILES string of the molecule is CC(C)Oc1ccc(C(N)(C(N)=O)c2c(C(=O)O)[nH]c3ccc(Oc4ccc(C(F)(F)F)cn4)cc23)cc1.Cl.Cl. The number of H-pyrrole nitrogens is 1. The lowest BCUT2D eigenvalue weighted by atomic mass is 9.81. The zero-order valence-corrected chi connectivity index (χ0v) is 22.6. The first-order valence-electron chi connectivity index (χ1n) is 11.3. The number of ether oxygens (including phenoxy) is 2. The number of hydrogen-bond donors (Lipinski definition) is 4. The molecule has 4 rings (SSSR count). The lowest BCUT2D eigenvalue weighted by Crippen LogP contribution is -2.50. The summed E-state index contributed by atoms with van der Waals surface area (Å²) in [6, 6.07) is 12.4. The summed E-state index contributed by atoms with van der Waals surface area (Å²) >= 11 is 0. The zero-order valence-electron chi connectivity index (χ0n) is 21.0. The molecule has 2 aromatic heterocycles. The van der Waals surface area contributed by atoms with Gasteiger partial charge in [-0.3, -0.25) is 4.79 Å². The summed E-state index contributed by atoms with van der Waals surface area (Å²) in [5.74, 6) is -1.93. The number of halogens is 5. The van der Waals surface area contributed by atoms with Crippen molar-refractivity contribution in [2.45, 2.75) is 31.7 Å². The number of primary amides is 1. The minimum atomic E-state index is -4.56. The van der Waals surface area contributed by atoms with Gasteiger partial charge in [-0.1, -0.05) is 12.1 Å². The highest BCUT2D eigenvalue weighted by atomic mass is 35.5. The lowest BCUT2D eigenvalue weighted by Gasteiger charge is -2.27. The first kappa shape index (κ1) is 32.2. The summed E-state index contributed by atoms with van der Waals surface area (Å²) in [7, 11) is 0. The Kier molecular flexibility index (Phi) is 9.69. The molecule has 2 heterocycles. The molecule has 14 heteroatoms. The average Bonchev–Trinajstić information content (AvgIpc) is 3.23. The average molecular weight is 601 g/mol. The van der Waals surface area contributed by atoms with Gasteiger partial charge in [-0.15, -0.1) is 24.8 Å². The highest BCUT2D eigenvalue weighted by Crippen LogP contribution is 2.38. The molecule has 214 valence electrons. The molecule has 1 atom stereocenters. The van der Waals surface area contributed by atoms with Crippen LogP contribution in [-0.4, -0.2) is 33.1 Å². The smallest absolute Gasteiger partial charge is 0.417 e. The van der Waals surface area contributed by atoms with E-state index in [1.165, 1.54) is 30.3 Å². The first-order valence-corrected chi connectivity index (χ1v) is 11.3. The third kappa shape index (κ3) is 6.24. The van der Waals surface area contributed by atoms with Gasteiger partial charge >= 0.3 is 12.1 Å². The Morgan fingerprint density at radius 1 is 0.975 bits per heavy atom. The molecule has 6 N–H and O–H groups in total. The van der Waals surface area contributed by atoms with Crippen LogP contribution in [-0.2, 0) is 16.5 Å². The summed E-state index contributed by atoms with van der Waals surface area (Å²) in [6.45, 7) is 3.69. The predicted octanol–water partition coefficient (Wildman–Crippen LogP) is 5.39. The van der Waals surface area contributed by atoms with Crippen LogP contribution in [0.3, 0.4) is 0 Å². The van der Waals surface area contributed by atoms with Gasteiger partial charge in [-0.05, 0) is 55.8 Å². The van der Waals surface area contributed by atoms with E-state index in [0.717, 1.165) is 12.1 Å². The van der Waals surface area contributed by atoms with Crippen LogP contribution in [0.1, 0.15) is 41.0 Å². The van der Waals surface area contributed by atoms with Crippen LogP contribution < -0.4 is 20.9 Å². The number of aromatic nitrogens is 2.